The molecule has 0 saturated carbocycles. The van der Waals surface area contributed by atoms with Crippen molar-refractivity contribution in [1.82, 2.24) is 0 Å². The maximum absolute atomic E-state index is 2.69. The Hall–Kier alpha value is -4.54. The zero-order valence-electron chi connectivity index (χ0n) is 35.6. The zero-order valence-corrected chi connectivity index (χ0v) is 36.4. The first-order chi connectivity index (χ1) is 26.3. The van der Waals surface area contributed by atoms with Crippen molar-refractivity contribution in [2.75, 3.05) is 9.80 Å². The van der Waals surface area contributed by atoms with Crippen LogP contribution in [0.4, 0.5) is 34.1 Å². The first kappa shape index (κ1) is 37.1. The van der Waals surface area contributed by atoms with Gasteiger partial charge < -0.3 is 9.80 Å². The van der Waals surface area contributed by atoms with E-state index in [1.165, 1.54) is 96.0 Å². The van der Waals surface area contributed by atoms with Gasteiger partial charge in [0.05, 0.1) is 5.69 Å². The highest BCUT2D eigenvalue weighted by molar-refractivity contribution is 7.29. The number of benzene rings is 5. The van der Waals surface area contributed by atoms with Gasteiger partial charge in [-0.25, -0.2) is 0 Å². The van der Waals surface area contributed by atoms with Crippen LogP contribution in [0.2, 0.25) is 0 Å². The van der Waals surface area contributed by atoms with Crippen LogP contribution in [0, 0.1) is 13.8 Å². The number of anilines is 6. The zero-order chi connectivity index (χ0) is 39.7. The largest absolute Gasteiger partial charge is 0.311 e. The molecule has 0 unspecified atom stereocenters. The lowest BCUT2D eigenvalue weighted by Gasteiger charge is -2.46. The fraction of sp³-hybridized carbons (Fsp3) is 0.346. The van der Waals surface area contributed by atoms with E-state index in [-0.39, 0.29) is 28.4 Å². The van der Waals surface area contributed by atoms with Crippen LogP contribution in [0.15, 0.2) is 103 Å². The first-order valence-corrected chi connectivity index (χ1v) is 21.5. The topological polar surface area (TPSA) is 6.48 Å². The van der Waals surface area contributed by atoms with Gasteiger partial charge >= 0.3 is 0 Å². The third-order valence-electron chi connectivity index (χ3n) is 13.1. The summed E-state index contributed by atoms with van der Waals surface area (Å²) in [6.45, 7) is 28.7. The molecule has 5 aromatic carbocycles. The predicted molar refractivity (Wildman–Crippen MR) is 246 cm³/mol. The van der Waals surface area contributed by atoms with E-state index >= 15 is 0 Å². The van der Waals surface area contributed by atoms with Crippen molar-refractivity contribution in [1.29, 1.82) is 0 Å². The van der Waals surface area contributed by atoms with Crippen LogP contribution in [0.3, 0.4) is 0 Å². The van der Waals surface area contributed by atoms with Crippen molar-refractivity contribution in [2.24, 2.45) is 0 Å². The minimum Gasteiger partial charge on any atom is -0.311 e. The molecule has 0 spiro atoms. The summed E-state index contributed by atoms with van der Waals surface area (Å²) in [6.07, 6.45) is 2.38. The van der Waals surface area contributed by atoms with E-state index in [2.05, 4.69) is 207 Å². The molecule has 9 rings (SSSR count). The van der Waals surface area contributed by atoms with Gasteiger partial charge in [0.25, 0.3) is 6.71 Å². The number of hydrogen-bond acceptors (Lipinski definition) is 3. The Balaban J connectivity index is 1.38. The molecule has 2 nitrogen and oxygen atoms in total. The highest BCUT2D eigenvalue weighted by Crippen LogP contribution is 2.56. The summed E-state index contributed by atoms with van der Waals surface area (Å²) in [5, 5.41) is 0. The predicted octanol–water partition coefficient (Wildman–Crippen LogP) is 13.1. The molecule has 0 saturated heterocycles. The van der Waals surface area contributed by atoms with Gasteiger partial charge in [-0.1, -0.05) is 130 Å². The number of fused-ring (bicyclic) bond motifs is 6. The second-order valence-corrected chi connectivity index (χ2v) is 21.3. The molecule has 1 aromatic heterocycles. The highest BCUT2D eigenvalue weighted by Gasteiger charge is 2.51. The van der Waals surface area contributed by atoms with E-state index in [9.17, 15) is 0 Å². The minimum absolute atomic E-state index is 0.0144. The molecule has 0 radical (unpaired) electrons. The number of thiophene rings is 1. The maximum Gasteiger partial charge on any atom is 0.264 e. The quantitative estimate of drug-likeness (QED) is 0.166. The molecule has 56 heavy (non-hydrogen) atoms. The summed E-state index contributed by atoms with van der Waals surface area (Å²) in [6, 6.07) is 39.7. The summed E-state index contributed by atoms with van der Waals surface area (Å²) in [7, 11) is 0. The van der Waals surface area contributed by atoms with Crippen LogP contribution in [0.25, 0.3) is 11.1 Å². The minimum atomic E-state index is 0.0144. The molecule has 0 N–H and O–H groups in total. The van der Waals surface area contributed by atoms with E-state index < -0.39 is 0 Å². The number of nitrogens with zero attached hydrogens (tertiary/aromatic N) is 2. The Labute approximate surface area is 340 Å². The fourth-order valence-electron chi connectivity index (χ4n) is 9.74. The lowest BCUT2D eigenvalue weighted by molar-refractivity contribution is 0.339. The number of aryl methyl sites for hydroxylation is 2. The average molecular weight is 753 g/mol. The van der Waals surface area contributed by atoms with Gasteiger partial charge in [0, 0.05) is 38.1 Å². The Kier molecular flexibility index (Phi) is 8.26. The summed E-state index contributed by atoms with van der Waals surface area (Å²) in [5.41, 5.74) is 20.3. The summed E-state index contributed by atoms with van der Waals surface area (Å²) in [5.74, 6) is 0. The Bertz CT molecular complexity index is 2520. The second kappa shape index (κ2) is 12.5. The smallest absolute Gasteiger partial charge is 0.264 e. The van der Waals surface area contributed by atoms with Crippen molar-refractivity contribution in [3.8, 4) is 11.1 Å². The van der Waals surface area contributed by atoms with E-state index in [1.807, 2.05) is 0 Å². The molecule has 284 valence electrons. The van der Waals surface area contributed by atoms with Gasteiger partial charge in [0.15, 0.2) is 0 Å². The van der Waals surface area contributed by atoms with Crippen molar-refractivity contribution in [3.63, 3.8) is 0 Å². The van der Waals surface area contributed by atoms with Gasteiger partial charge in [-0.15, -0.1) is 0 Å². The van der Waals surface area contributed by atoms with Gasteiger partial charge in [0.2, 0.25) is 0 Å². The number of rotatable bonds is 3. The molecule has 1 aliphatic carbocycles. The molecule has 3 heterocycles. The fourth-order valence-corrected chi connectivity index (χ4v) is 11.5. The van der Waals surface area contributed by atoms with Gasteiger partial charge in [-0.2, -0.15) is 11.3 Å². The van der Waals surface area contributed by atoms with Crippen molar-refractivity contribution < 1.29 is 0 Å². The summed E-state index contributed by atoms with van der Waals surface area (Å²) in [4.78, 5) is 6.86. The summed E-state index contributed by atoms with van der Waals surface area (Å²) >= 11 is 2.11. The Morgan fingerprint density at radius 1 is 0.589 bits per heavy atom. The molecule has 0 amide bonds. The standard InChI is InChI=1S/C52H57BN2S/c1-32-28-42-45-43(29-32)55(40-24-18-35(30-33(40)2)34-16-14-13-15-17-34)41-25-21-37(50(6,7)8)31-39(41)53(45)48-46(44-47(56-48)52(11,12)27-26-51(44,9)10)54(42)38-22-19-36(20-23-38)49(3,4)5/h13-25,28-31H,26-27H2,1-12H3. The third-order valence-corrected chi connectivity index (χ3v) is 14.7. The van der Waals surface area contributed by atoms with Gasteiger partial charge in [-0.05, 0) is 141 Å². The molecule has 0 fully saturated rings. The molecular formula is C52H57BN2S. The second-order valence-electron chi connectivity index (χ2n) is 20.3. The molecule has 4 heteroatoms. The maximum atomic E-state index is 2.69. The lowest BCUT2D eigenvalue weighted by Crippen LogP contribution is -2.61. The highest BCUT2D eigenvalue weighted by atomic mass is 32.1. The third kappa shape index (κ3) is 5.72. The summed E-state index contributed by atoms with van der Waals surface area (Å²) < 4.78 is 1.50. The molecule has 2 aliphatic heterocycles. The van der Waals surface area contributed by atoms with Gasteiger partial charge in [0.1, 0.15) is 0 Å². The molecule has 6 aromatic rings. The van der Waals surface area contributed by atoms with Gasteiger partial charge in [-0.3, -0.25) is 0 Å². The van der Waals surface area contributed by atoms with E-state index in [0.29, 0.717) is 0 Å². The van der Waals surface area contributed by atoms with Crippen LogP contribution >= 0.6 is 11.3 Å². The first-order valence-electron chi connectivity index (χ1n) is 20.7. The Morgan fingerprint density at radius 3 is 1.84 bits per heavy atom. The molecule has 0 atom stereocenters. The molecule has 0 bridgehead atoms. The van der Waals surface area contributed by atoms with E-state index in [1.54, 1.807) is 10.4 Å². The number of hydrogen-bond donors (Lipinski definition) is 0. The van der Waals surface area contributed by atoms with Crippen molar-refractivity contribution >= 4 is 67.9 Å². The molecular weight excluding hydrogens is 695 g/mol. The van der Waals surface area contributed by atoms with Crippen molar-refractivity contribution in [3.05, 3.63) is 136 Å². The average Bonchev–Trinajstić information content (AvgIpc) is 3.56. The monoisotopic (exact) mass is 752 g/mol. The normalized spacial score (nSPS) is 16.6. The molecule has 3 aliphatic rings. The van der Waals surface area contributed by atoms with Crippen LogP contribution < -0.4 is 25.5 Å². The lowest BCUT2D eigenvalue weighted by atomic mass is 9.35. The Morgan fingerprint density at radius 2 is 1.20 bits per heavy atom. The van der Waals surface area contributed by atoms with Crippen LogP contribution in [0.1, 0.15) is 115 Å². The van der Waals surface area contributed by atoms with E-state index in [4.69, 9.17) is 0 Å². The van der Waals surface area contributed by atoms with Crippen LogP contribution in [-0.2, 0) is 21.7 Å². The van der Waals surface area contributed by atoms with E-state index in [0.717, 1.165) is 0 Å². The van der Waals surface area contributed by atoms with Crippen LogP contribution in [-0.4, -0.2) is 6.71 Å². The SMILES string of the molecule is Cc1cc2c3c(c1)N(c1ccc(C(C)(C)C)cc1)c1c(sc4c1C(C)(C)CCC4(C)C)B3c1cc(C(C)(C)C)ccc1N2c1ccc(-c2ccccc2)cc1C. The van der Waals surface area contributed by atoms with Crippen molar-refractivity contribution in [2.45, 2.75) is 118 Å². The van der Waals surface area contributed by atoms with Crippen LogP contribution in [0.5, 0.6) is 0 Å².